The molecule has 0 saturated carbocycles. The van der Waals surface area contributed by atoms with Gasteiger partial charge in [0.1, 0.15) is 0 Å². The Morgan fingerprint density at radius 1 is 1.50 bits per heavy atom. The highest BCUT2D eigenvalue weighted by Crippen LogP contribution is 2.10. The first kappa shape index (κ1) is 8.93. The van der Waals surface area contributed by atoms with Crippen LogP contribution in [0.25, 0.3) is 0 Å². The minimum atomic E-state index is -1.34. The van der Waals surface area contributed by atoms with Gasteiger partial charge in [-0.05, 0) is 17.9 Å². The average Bonchev–Trinajstić information content (AvgIpc) is 2.51. The molecule has 0 spiro atoms. The van der Waals surface area contributed by atoms with E-state index in [9.17, 15) is 9.59 Å². The fourth-order valence-corrected chi connectivity index (χ4v) is 1.51. The number of carbonyl (C=O) groups excluding carboxylic acids is 1. The second kappa shape index (κ2) is 4.01. The normalized spacial score (nSPS) is 9.67. The Morgan fingerprint density at radius 2 is 2.25 bits per heavy atom. The summed E-state index contributed by atoms with van der Waals surface area (Å²) in [5.41, 5.74) is 0. The van der Waals surface area contributed by atoms with Gasteiger partial charge in [0.15, 0.2) is 0 Å². The summed E-state index contributed by atoms with van der Waals surface area (Å²) in [6, 6.07) is 3.77. The molecule has 1 aromatic heterocycles. The fraction of sp³-hybridized carbons (Fsp3) is 0.250. The van der Waals surface area contributed by atoms with Gasteiger partial charge in [0.25, 0.3) is 0 Å². The second-order valence-corrected chi connectivity index (χ2v) is 3.34. The van der Waals surface area contributed by atoms with Gasteiger partial charge < -0.3 is 5.11 Å². The van der Waals surface area contributed by atoms with Crippen molar-refractivity contribution >= 4 is 23.1 Å². The highest BCUT2D eigenvalue weighted by molar-refractivity contribution is 7.09. The van der Waals surface area contributed by atoms with E-state index in [-0.39, 0.29) is 6.42 Å². The first-order valence-corrected chi connectivity index (χ1v) is 4.36. The van der Waals surface area contributed by atoms with Crippen molar-refractivity contribution in [3.05, 3.63) is 22.4 Å². The quantitative estimate of drug-likeness (QED) is 0.718. The molecule has 0 fully saturated rings. The van der Waals surface area contributed by atoms with E-state index in [0.717, 1.165) is 4.88 Å². The first-order chi connectivity index (χ1) is 5.70. The Kier molecular flexibility index (Phi) is 2.99. The van der Waals surface area contributed by atoms with Crippen molar-refractivity contribution in [2.45, 2.75) is 12.8 Å². The highest BCUT2D eigenvalue weighted by atomic mass is 32.1. The van der Waals surface area contributed by atoms with Gasteiger partial charge in [-0.1, -0.05) is 6.07 Å². The molecule has 0 aromatic carbocycles. The lowest BCUT2D eigenvalue weighted by atomic mass is 10.2. The first-order valence-electron chi connectivity index (χ1n) is 3.48. The van der Waals surface area contributed by atoms with Crippen LogP contribution in [0.15, 0.2) is 17.5 Å². The lowest BCUT2D eigenvalue weighted by Gasteiger charge is -1.92. The largest absolute Gasteiger partial charge is 0.476 e. The molecule has 0 aliphatic rings. The topological polar surface area (TPSA) is 54.4 Å². The van der Waals surface area contributed by atoms with Crippen molar-refractivity contribution in [2.75, 3.05) is 0 Å². The lowest BCUT2D eigenvalue weighted by Crippen LogP contribution is -2.12. The molecule has 0 amide bonds. The van der Waals surface area contributed by atoms with E-state index in [1.807, 2.05) is 17.5 Å². The van der Waals surface area contributed by atoms with Crippen LogP contribution in [0.4, 0.5) is 0 Å². The summed E-state index contributed by atoms with van der Waals surface area (Å²) in [5, 5.41) is 10.2. The van der Waals surface area contributed by atoms with Gasteiger partial charge in [-0.3, -0.25) is 4.79 Å². The number of ketones is 1. The Hall–Kier alpha value is -1.16. The van der Waals surface area contributed by atoms with Crippen LogP contribution in [0.2, 0.25) is 0 Å². The van der Waals surface area contributed by atoms with Gasteiger partial charge >= 0.3 is 5.97 Å². The number of rotatable bonds is 4. The summed E-state index contributed by atoms with van der Waals surface area (Å²) in [6.07, 6.45) is 0.624. The Bertz CT molecular complexity index is 277. The third-order valence-corrected chi connectivity index (χ3v) is 2.35. The van der Waals surface area contributed by atoms with E-state index < -0.39 is 11.8 Å². The summed E-state index contributed by atoms with van der Waals surface area (Å²) in [5.74, 6) is -2.06. The SMILES string of the molecule is O=C(O)C(=O)CCc1cccs1. The van der Waals surface area contributed by atoms with Crippen LogP contribution < -0.4 is 0 Å². The summed E-state index contributed by atoms with van der Waals surface area (Å²) < 4.78 is 0. The molecule has 3 nitrogen and oxygen atoms in total. The summed E-state index contributed by atoms with van der Waals surface area (Å²) in [4.78, 5) is 21.8. The van der Waals surface area contributed by atoms with Crippen LogP contribution in [0.5, 0.6) is 0 Å². The van der Waals surface area contributed by atoms with Gasteiger partial charge in [-0.25, -0.2) is 4.79 Å². The molecule has 4 heteroatoms. The number of carboxylic acid groups (broad SMARTS) is 1. The van der Waals surface area contributed by atoms with Gasteiger partial charge in [0.05, 0.1) is 0 Å². The number of Topliss-reactive ketones (excluding diaryl/α,β-unsaturated/α-hetero) is 1. The van der Waals surface area contributed by atoms with Gasteiger partial charge in [-0.2, -0.15) is 0 Å². The Balaban J connectivity index is 2.37. The molecular formula is C8H8O3S. The number of thiophene rings is 1. The second-order valence-electron chi connectivity index (χ2n) is 2.31. The highest BCUT2D eigenvalue weighted by Gasteiger charge is 2.10. The molecular weight excluding hydrogens is 176 g/mol. The molecule has 12 heavy (non-hydrogen) atoms. The Morgan fingerprint density at radius 3 is 2.75 bits per heavy atom. The minimum absolute atomic E-state index is 0.0931. The molecule has 1 rings (SSSR count). The predicted octanol–water partition coefficient (Wildman–Crippen LogP) is 1.33. The van der Waals surface area contributed by atoms with E-state index in [1.165, 1.54) is 11.3 Å². The summed E-state index contributed by atoms with van der Waals surface area (Å²) in [7, 11) is 0. The fourth-order valence-electron chi connectivity index (χ4n) is 0.798. The number of aryl methyl sites for hydroxylation is 1. The molecule has 0 saturated heterocycles. The third-order valence-electron chi connectivity index (χ3n) is 1.42. The average molecular weight is 184 g/mol. The molecule has 0 bridgehead atoms. The molecule has 0 aliphatic carbocycles. The Labute approximate surface area is 73.6 Å². The van der Waals surface area contributed by atoms with Crippen LogP contribution in [0.1, 0.15) is 11.3 Å². The van der Waals surface area contributed by atoms with Crippen LogP contribution in [0, 0.1) is 0 Å². The van der Waals surface area contributed by atoms with Crippen molar-refractivity contribution < 1.29 is 14.7 Å². The van der Waals surface area contributed by atoms with Crippen LogP contribution >= 0.6 is 11.3 Å². The molecule has 0 aliphatic heterocycles. The van der Waals surface area contributed by atoms with E-state index in [4.69, 9.17) is 5.11 Å². The van der Waals surface area contributed by atoms with Crippen molar-refractivity contribution in [3.8, 4) is 0 Å². The van der Waals surface area contributed by atoms with Crippen molar-refractivity contribution in [2.24, 2.45) is 0 Å². The van der Waals surface area contributed by atoms with E-state index in [2.05, 4.69) is 0 Å². The number of carboxylic acids is 1. The van der Waals surface area contributed by atoms with Crippen LogP contribution in [-0.2, 0) is 16.0 Å². The van der Waals surface area contributed by atoms with Crippen molar-refractivity contribution in [1.82, 2.24) is 0 Å². The van der Waals surface area contributed by atoms with E-state index in [0.29, 0.717) is 6.42 Å². The monoisotopic (exact) mass is 184 g/mol. The molecule has 1 heterocycles. The number of aliphatic carboxylic acids is 1. The zero-order valence-electron chi connectivity index (χ0n) is 6.32. The van der Waals surface area contributed by atoms with Crippen molar-refractivity contribution in [1.29, 1.82) is 0 Å². The van der Waals surface area contributed by atoms with E-state index in [1.54, 1.807) is 0 Å². The van der Waals surface area contributed by atoms with Gasteiger partial charge in [0.2, 0.25) is 5.78 Å². The molecule has 1 N–H and O–H groups in total. The maximum Gasteiger partial charge on any atom is 0.372 e. The van der Waals surface area contributed by atoms with Crippen molar-refractivity contribution in [3.63, 3.8) is 0 Å². The maximum atomic E-state index is 10.6. The smallest absolute Gasteiger partial charge is 0.372 e. The van der Waals surface area contributed by atoms with Crippen LogP contribution in [0.3, 0.4) is 0 Å². The molecule has 64 valence electrons. The van der Waals surface area contributed by atoms with Gasteiger partial charge in [-0.15, -0.1) is 11.3 Å². The molecule has 1 aromatic rings. The molecule has 0 radical (unpaired) electrons. The summed E-state index contributed by atoms with van der Waals surface area (Å²) in [6.45, 7) is 0. The number of hydrogen-bond acceptors (Lipinski definition) is 3. The summed E-state index contributed by atoms with van der Waals surface area (Å²) >= 11 is 1.53. The zero-order chi connectivity index (χ0) is 8.97. The standard InChI is InChI=1S/C8H8O3S/c9-7(8(10)11)4-3-6-2-1-5-12-6/h1-2,5H,3-4H2,(H,10,11). The minimum Gasteiger partial charge on any atom is -0.476 e. The molecule has 0 atom stereocenters. The number of carbonyl (C=O) groups is 2. The maximum absolute atomic E-state index is 10.6. The van der Waals surface area contributed by atoms with E-state index >= 15 is 0 Å². The zero-order valence-corrected chi connectivity index (χ0v) is 7.13. The number of hydrogen-bond donors (Lipinski definition) is 1. The van der Waals surface area contributed by atoms with Crippen LogP contribution in [-0.4, -0.2) is 16.9 Å². The predicted molar refractivity (Wildman–Crippen MR) is 45.3 cm³/mol. The van der Waals surface area contributed by atoms with Gasteiger partial charge in [0, 0.05) is 11.3 Å². The molecule has 0 unspecified atom stereocenters. The third kappa shape index (κ3) is 2.47. The lowest BCUT2D eigenvalue weighted by molar-refractivity contribution is -0.149.